The highest BCUT2D eigenvalue weighted by Gasteiger charge is 2.35. The highest BCUT2D eigenvalue weighted by atomic mass is 127. The Morgan fingerprint density at radius 1 is 1.15 bits per heavy atom. The smallest absolute Gasteiger partial charge is 0.338 e. The number of ether oxygens (including phenoxy) is 3. The van der Waals surface area contributed by atoms with Crippen molar-refractivity contribution in [1.29, 1.82) is 0 Å². The fourth-order valence-corrected chi connectivity index (χ4v) is 6.04. The Kier molecular flexibility index (Phi) is 8.10. The van der Waals surface area contributed by atoms with Gasteiger partial charge in [-0.05, 0) is 46.6 Å². The van der Waals surface area contributed by atoms with Crippen molar-refractivity contribution < 1.29 is 23.4 Å². The summed E-state index contributed by atoms with van der Waals surface area (Å²) in [5.74, 6) is 0.955. The van der Waals surface area contributed by atoms with Crippen molar-refractivity contribution in [2.24, 2.45) is 4.99 Å². The van der Waals surface area contributed by atoms with E-state index in [9.17, 15) is 9.59 Å². The van der Waals surface area contributed by atoms with Crippen LogP contribution in [0.1, 0.15) is 29.9 Å². The Labute approximate surface area is 249 Å². The highest BCUT2D eigenvalue weighted by Crippen LogP contribution is 2.38. The molecule has 0 saturated heterocycles. The van der Waals surface area contributed by atoms with Crippen LogP contribution in [0, 0.1) is 3.77 Å². The number of benzene rings is 2. The van der Waals surface area contributed by atoms with Crippen molar-refractivity contribution in [2.45, 2.75) is 13.0 Å². The van der Waals surface area contributed by atoms with E-state index in [1.54, 1.807) is 38.3 Å². The lowest BCUT2D eigenvalue weighted by molar-refractivity contribution is -0.138. The third kappa shape index (κ3) is 5.22. The van der Waals surface area contributed by atoms with E-state index >= 15 is 0 Å². The molecule has 39 heavy (non-hydrogen) atoms. The maximum atomic E-state index is 13.9. The molecular weight excluding hydrogens is 699 g/mol. The molecule has 0 amide bonds. The van der Waals surface area contributed by atoms with Crippen LogP contribution >= 0.6 is 49.9 Å². The summed E-state index contributed by atoms with van der Waals surface area (Å²) in [4.78, 5) is 32.8. The van der Waals surface area contributed by atoms with Gasteiger partial charge >= 0.3 is 5.97 Å². The second-order valence-electron chi connectivity index (χ2n) is 8.32. The Balaban J connectivity index is 1.84. The summed E-state index contributed by atoms with van der Waals surface area (Å²) in [6.45, 7) is 1.91. The topological polar surface area (TPSA) is 92.3 Å². The molecule has 2 aromatic carbocycles. The third-order valence-corrected chi connectivity index (χ3v) is 9.15. The number of hydrogen-bond acceptors (Lipinski definition) is 8. The van der Waals surface area contributed by atoms with Crippen LogP contribution in [0.4, 0.5) is 0 Å². The van der Waals surface area contributed by atoms with E-state index in [1.807, 2.05) is 36.4 Å². The Bertz CT molecular complexity index is 1750. The molecule has 0 saturated carbocycles. The Morgan fingerprint density at radius 3 is 2.54 bits per heavy atom. The van der Waals surface area contributed by atoms with Crippen LogP contribution in [-0.2, 0) is 9.53 Å². The number of carbonyl (C=O) groups excluding carboxylic acids is 1. The molecule has 11 heteroatoms. The van der Waals surface area contributed by atoms with Crippen molar-refractivity contribution in [1.82, 2.24) is 4.57 Å². The van der Waals surface area contributed by atoms with Crippen molar-refractivity contribution in [3.63, 3.8) is 0 Å². The van der Waals surface area contributed by atoms with Crippen molar-refractivity contribution in [2.75, 3.05) is 20.8 Å². The van der Waals surface area contributed by atoms with Gasteiger partial charge in [-0.3, -0.25) is 9.36 Å². The highest BCUT2D eigenvalue weighted by molar-refractivity contribution is 14.1. The average molecular weight is 721 g/mol. The van der Waals surface area contributed by atoms with E-state index in [2.05, 4.69) is 38.5 Å². The molecule has 0 N–H and O–H groups in total. The number of halogens is 2. The molecule has 0 aliphatic carbocycles. The van der Waals surface area contributed by atoms with Gasteiger partial charge in [0.25, 0.3) is 5.56 Å². The second kappa shape index (κ2) is 11.5. The molecule has 0 radical (unpaired) electrons. The van der Waals surface area contributed by atoms with Crippen LogP contribution in [0.2, 0.25) is 0 Å². The fraction of sp³-hybridized carbons (Fsp3) is 0.179. The summed E-state index contributed by atoms with van der Waals surface area (Å²) in [6.07, 6.45) is 1.68. The van der Waals surface area contributed by atoms with Gasteiger partial charge < -0.3 is 18.6 Å². The lowest BCUT2D eigenvalue weighted by Crippen LogP contribution is -2.40. The minimum atomic E-state index is -0.832. The molecule has 1 atom stereocenters. The van der Waals surface area contributed by atoms with Gasteiger partial charge in [-0.15, -0.1) is 0 Å². The lowest BCUT2D eigenvalue weighted by Gasteiger charge is -2.26. The minimum absolute atomic E-state index is 0.166. The molecule has 4 aromatic rings. The van der Waals surface area contributed by atoms with Crippen LogP contribution in [0.25, 0.3) is 11.8 Å². The first-order chi connectivity index (χ1) is 18.9. The zero-order chi connectivity index (χ0) is 27.7. The fourth-order valence-electron chi connectivity index (χ4n) is 4.34. The van der Waals surface area contributed by atoms with Crippen LogP contribution in [0.5, 0.6) is 11.5 Å². The third-order valence-electron chi connectivity index (χ3n) is 6.03. The standard InChI is InChI=1S/C28H22BrIN2O6S/c1-4-37-27(34)22-23(15-8-6-5-7-9-15)31-28-32(24(22)16-10-11-19(35-2)20(12-16)36-3)26(33)21(39-28)14-17-13-18(29)25(30)38-17/h5-14,24H,4H2,1-3H3/b21-14+/t24-/m1/s1. The lowest BCUT2D eigenvalue weighted by atomic mass is 9.93. The first-order valence-corrected chi connectivity index (χ1v) is 14.5. The van der Waals surface area contributed by atoms with Gasteiger partial charge in [-0.25, -0.2) is 9.79 Å². The number of nitrogens with zero attached hydrogens (tertiary/aromatic N) is 2. The second-order valence-corrected chi connectivity index (χ2v) is 11.2. The van der Waals surface area contributed by atoms with Gasteiger partial charge in [0, 0.05) is 34.2 Å². The number of carbonyl (C=O) groups is 1. The van der Waals surface area contributed by atoms with Gasteiger partial charge in [0.2, 0.25) is 0 Å². The van der Waals surface area contributed by atoms with Crippen molar-refractivity contribution >= 4 is 67.6 Å². The van der Waals surface area contributed by atoms with E-state index < -0.39 is 12.0 Å². The number of furan rings is 1. The quantitative estimate of drug-likeness (QED) is 0.199. The number of aromatic nitrogens is 1. The number of thiazole rings is 1. The van der Waals surface area contributed by atoms with Crippen molar-refractivity contribution in [3.8, 4) is 11.5 Å². The molecule has 200 valence electrons. The molecule has 8 nitrogen and oxygen atoms in total. The maximum absolute atomic E-state index is 13.9. The number of fused-ring (bicyclic) bond motifs is 1. The summed E-state index contributed by atoms with van der Waals surface area (Å²) in [5.41, 5.74) is 1.76. The molecule has 0 unspecified atom stereocenters. The number of hydrogen-bond donors (Lipinski definition) is 0. The largest absolute Gasteiger partial charge is 0.493 e. The van der Waals surface area contributed by atoms with Gasteiger partial charge in [0.15, 0.2) is 20.1 Å². The molecule has 1 aliphatic heterocycles. The molecule has 0 fully saturated rings. The maximum Gasteiger partial charge on any atom is 0.338 e. The monoisotopic (exact) mass is 720 g/mol. The van der Waals surface area contributed by atoms with E-state index in [-0.39, 0.29) is 17.7 Å². The zero-order valence-corrected chi connectivity index (χ0v) is 25.6. The van der Waals surface area contributed by atoms with Gasteiger partial charge in [0.1, 0.15) is 5.76 Å². The van der Waals surface area contributed by atoms with Crippen LogP contribution in [0.3, 0.4) is 0 Å². The van der Waals surface area contributed by atoms with E-state index in [0.717, 1.165) is 10.0 Å². The molecule has 2 aromatic heterocycles. The molecule has 1 aliphatic rings. The predicted octanol–water partition coefficient (Wildman–Crippen LogP) is 4.91. The summed E-state index contributed by atoms with van der Waals surface area (Å²) in [7, 11) is 3.08. The predicted molar refractivity (Wildman–Crippen MR) is 160 cm³/mol. The normalized spacial score (nSPS) is 15.1. The van der Waals surface area contributed by atoms with E-state index in [4.69, 9.17) is 23.6 Å². The number of methoxy groups -OCH3 is 2. The summed E-state index contributed by atoms with van der Waals surface area (Å²) in [5, 5.41) is 0. The minimum Gasteiger partial charge on any atom is -0.493 e. The Hall–Kier alpha value is -3.16. The molecular formula is C28H22BrIN2O6S. The molecule has 5 rings (SSSR count). The molecule has 0 bridgehead atoms. The summed E-state index contributed by atoms with van der Waals surface area (Å²) < 4.78 is 25.6. The zero-order valence-electron chi connectivity index (χ0n) is 21.1. The average Bonchev–Trinajstić information content (AvgIpc) is 3.44. The summed E-state index contributed by atoms with van der Waals surface area (Å²) >= 11 is 6.74. The summed E-state index contributed by atoms with van der Waals surface area (Å²) in [6, 6.07) is 15.7. The van der Waals surface area contributed by atoms with E-state index in [0.29, 0.717) is 41.6 Å². The van der Waals surface area contributed by atoms with E-state index in [1.165, 1.54) is 23.0 Å². The first kappa shape index (κ1) is 27.4. The van der Waals surface area contributed by atoms with Crippen LogP contribution in [0.15, 0.2) is 78.8 Å². The van der Waals surface area contributed by atoms with Gasteiger partial charge in [-0.2, -0.15) is 0 Å². The van der Waals surface area contributed by atoms with Crippen molar-refractivity contribution in [3.05, 3.63) is 105 Å². The molecule has 3 heterocycles. The first-order valence-electron chi connectivity index (χ1n) is 11.8. The molecule has 0 spiro atoms. The van der Waals surface area contributed by atoms with Crippen LogP contribution < -0.4 is 24.4 Å². The SMILES string of the molecule is CCOC(=O)C1=C(c2ccccc2)N=c2s/c(=C/c3cc(Br)c(I)o3)c(=O)n2[C@@H]1c1ccc(OC)c(OC)c1. The van der Waals surface area contributed by atoms with Crippen LogP contribution in [-0.4, -0.2) is 31.4 Å². The number of esters is 1. The number of rotatable bonds is 7. The van der Waals surface area contributed by atoms with Gasteiger partial charge in [-0.1, -0.05) is 47.7 Å². The van der Waals surface area contributed by atoms with Gasteiger partial charge in [0.05, 0.1) is 47.1 Å². The Morgan fingerprint density at radius 2 is 1.90 bits per heavy atom.